The van der Waals surface area contributed by atoms with Gasteiger partial charge in [0.1, 0.15) is 11.8 Å². The van der Waals surface area contributed by atoms with Crippen LogP contribution in [0.3, 0.4) is 0 Å². The minimum atomic E-state index is -4.51. The van der Waals surface area contributed by atoms with Crippen LogP contribution in [-0.4, -0.2) is 27.0 Å². The molecule has 6 nitrogen and oxygen atoms in total. The van der Waals surface area contributed by atoms with Crippen LogP contribution in [0.25, 0.3) is 0 Å². The Labute approximate surface area is 202 Å². The summed E-state index contributed by atoms with van der Waals surface area (Å²) in [5, 5.41) is 2.50. The van der Waals surface area contributed by atoms with Gasteiger partial charge in [0.25, 0.3) is 0 Å². The van der Waals surface area contributed by atoms with Gasteiger partial charge in [-0.15, -0.1) is 0 Å². The molecule has 3 rings (SSSR count). The van der Waals surface area contributed by atoms with Crippen molar-refractivity contribution in [3.63, 3.8) is 0 Å². The maximum atomic E-state index is 13.1. The second-order valence-electron chi connectivity index (χ2n) is 7.79. The normalized spacial score (nSPS) is 12.7. The molecule has 1 atom stereocenters. The Balaban J connectivity index is 1.85. The van der Waals surface area contributed by atoms with E-state index >= 15 is 0 Å². The maximum absolute atomic E-state index is 13.1. The minimum absolute atomic E-state index is 0.0303. The number of rotatable bonds is 9. The van der Waals surface area contributed by atoms with Crippen LogP contribution in [0.15, 0.2) is 77.7 Å². The number of carbonyl (C=O) groups excluding carboxylic acids is 1. The zero-order valence-electron chi connectivity index (χ0n) is 19.1. The molecular weight excluding hydrogens is 481 g/mol. The van der Waals surface area contributed by atoms with Crippen LogP contribution in [0.2, 0.25) is 0 Å². The van der Waals surface area contributed by atoms with E-state index < -0.39 is 33.7 Å². The summed E-state index contributed by atoms with van der Waals surface area (Å²) in [6.45, 7) is 3.95. The molecule has 0 aliphatic carbocycles. The Morgan fingerprint density at radius 1 is 1.00 bits per heavy atom. The fourth-order valence-electron chi connectivity index (χ4n) is 3.37. The van der Waals surface area contributed by atoms with Crippen molar-refractivity contribution in [3.8, 4) is 5.75 Å². The molecule has 0 aliphatic heterocycles. The number of aryl methyl sites for hydroxylation is 1. The molecule has 3 aromatic carbocycles. The van der Waals surface area contributed by atoms with Gasteiger partial charge in [-0.1, -0.05) is 30.3 Å². The van der Waals surface area contributed by atoms with Crippen molar-refractivity contribution in [2.24, 2.45) is 0 Å². The van der Waals surface area contributed by atoms with Gasteiger partial charge < -0.3 is 10.1 Å². The predicted octanol–water partition coefficient (Wildman–Crippen LogP) is 4.94. The standard InChI is InChI=1S/C25H25F3N2O4S/c1-3-34-23-14-13-21(15-17(23)2)35(32,33)30-22(16-18-7-5-4-6-8-18)24(31)29-20-11-9-19(10-12-20)25(26,27)28/h4-15,22,30H,3,16H2,1-2H3,(H,29,31). The van der Waals surface area contributed by atoms with E-state index in [1.165, 1.54) is 12.1 Å². The Kier molecular flexibility index (Phi) is 8.18. The molecule has 0 fully saturated rings. The Bertz CT molecular complexity index is 1260. The summed E-state index contributed by atoms with van der Waals surface area (Å²) in [6, 6.07) is 15.8. The summed E-state index contributed by atoms with van der Waals surface area (Å²) in [7, 11) is -4.11. The largest absolute Gasteiger partial charge is 0.494 e. The average molecular weight is 507 g/mol. The van der Waals surface area contributed by atoms with Crippen LogP contribution in [-0.2, 0) is 27.4 Å². The average Bonchev–Trinajstić information content (AvgIpc) is 2.80. The number of halogens is 3. The van der Waals surface area contributed by atoms with Gasteiger partial charge in [0.05, 0.1) is 17.1 Å². The quantitative estimate of drug-likeness (QED) is 0.431. The lowest BCUT2D eigenvalue weighted by molar-refractivity contribution is -0.137. The summed E-state index contributed by atoms with van der Waals surface area (Å²) in [6.07, 6.45) is -4.48. The number of hydrogen-bond acceptors (Lipinski definition) is 4. The van der Waals surface area contributed by atoms with Gasteiger partial charge in [-0.05, 0) is 73.9 Å². The molecule has 2 N–H and O–H groups in total. The van der Waals surface area contributed by atoms with Gasteiger partial charge in [-0.3, -0.25) is 4.79 Å². The number of ether oxygens (including phenoxy) is 1. The van der Waals surface area contributed by atoms with Crippen molar-refractivity contribution in [2.45, 2.75) is 37.4 Å². The van der Waals surface area contributed by atoms with E-state index in [0.29, 0.717) is 23.5 Å². The number of nitrogens with one attached hydrogen (secondary N) is 2. The lowest BCUT2D eigenvalue weighted by Crippen LogP contribution is -2.45. The van der Waals surface area contributed by atoms with Crippen molar-refractivity contribution in [1.82, 2.24) is 4.72 Å². The zero-order chi connectivity index (χ0) is 25.6. The molecule has 10 heteroatoms. The first-order chi connectivity index (χ1) is 16.5. The first-order valence-electron chi connectivity index (χ1n) is 10.8. The monoisotopic (exact) mass is 506 g/mol. The van der Waals surface area contributed by atoms with Gasteiger partial charge in [0.2, 0.25) is 15.9 Å². The molecule has 0 heterocycles. The molecule has 0 aromatic heterocycles. The van der Waals surface area contributed by atoms with Crippen LogP contribution in [0.1, 0.15) is 23.6 Å². The number of amides is 1. The molecule has 0 saturated heterocycles. The molecule has 35 heavy (non-hydrogen) atoms. The van der Waals surface area contributed by atoms with Crippen molar-refractivity contribution in [3.05, 3.63) is 89.5 Å². The molecule has 0 saturated carbocycles. The van der Waals surface area contributed by atoms with Gasteiger partial charge in [-0.2, -0.15) is 17.9 Å². The van der Waals surface area contributed by atoms with Crippen LogP contribution in [0, 0.1) is 6.92 Å². The van der Waals surface area contributed by atoms with E-state index in [4.69, 9.17) is 4.74 Å². The van der Waals surface area contributed by atoms with E-state index in [1.807, 2.05) is 6.92 Å². The smallest absolute Gasteiger partial charge is 0.416 e. The minimum Gasteiger partial charge on any atom is -0.494 e. The van der Waals surface area contributed by atoms with Gasteiger partial charge >= 0.3 is 6.18 Å². The van der Waals surface area contributed by atoms with E-state index in [9.17, 15) is 26.4 Å². The fraction of sp³-hybridized carbons (Fsp3) is 0.240. The Morgan fingerprint density at radius 2 is 1.66 bits per heavy atom. The van der Waals surface area contributed by atoms with Crippen molar-refractivity contribution in [1.29, 1.82) is 0 Å². The predicted molar refractivity (Wildman–Crippen MR) is 127 cm³/mol. The third kappa shape index (κ3) is 7.06. The van der Waals surface area contributed by atoms with E-state index in [2.05, 4.69) is 10.0 Å². The number of anilines is 1. The molecule has 186 valence electrons. The van der Waals surface area contributed by atoms with Gasteiger partial charge in [0.15, 0.2) is 0 Å². The topological polar surface area (TPSA) is 84.5 Å². The Morgan fingerprint density at radius 3 is 2.23 bits per heavy atom. The van der Waals surface area contributed by atoms with Gasteiger partial charge in [-0.25, -0.2) is 8.42 Å². The van der Waals surface area contributed by atoms with Crippen LogP contribution >= 0.6 is 0 Å². The SMILES string of the molecule is CCOc1ccc(S(=O)(=O)NC(Cc2ccccc2)C(=O)Nc2ccc(C(F)(F)F)cc2)cc1C. The van der Waals surface area contributed by atoms with Gasteiger partial charge in [0, 0.05) is 5.69 Å². The summed E-state index contributed by atoms with van der Waals surface area (Å²) in [4.78, 5) is 13.0. The fourth-order valence-corrected chi connectivity index (χ4v) is 4.65. The summed E-state index contributed by atoms with van der Waals surface area (Å²) in [5.74, 6) is -0.160. The first kappa shape index (κ1) is 26.2. The van der Waals surface area contributed by atoms with E-state index in [1.54, 1.807) is 43.3 Å². The molecule has 0 bridgehead atoms. The molecule has 3 aromatic rings. The highest BCUT2D eigenvalue weighted by Gasteiger charge is 2.30. The highest BCUT2D eigenvalue weighted by Crippen LogP contribution is 2.30. The number of benzene rings is 3. The molecule has 0 aliphatic rings. The third-order valence-corrected chi connectivity index (χ3v) is 6.60. The van der Waals surface area contributed by atoms with Crippen molar-refractivity contribution < 1.29 is 31.1 Å². The number of hydrogen-bond donors (Lipinski definition) is 2. The number of sulfonamides is 1. The lowest BCUT2D eigenvalue weighted by Gasteiger charge is -2.19. The van der Waals surface area contributed by atoms with Crippen molar-refractivity contribution >= 4 is 21.6 Å². The molecule has 0 spiro atoms. The van der Waals surface area contributed by atoms with Crippen LogP contribution < -0.4 is 14.8 Å². The van der Waals surface area contributed by atoms with E-state index in [0.717, 1.165) is 24.3 Å². The number of alkyl halides is 3. The highest BCUT2D eigenvalue weighted by molar-refractivity contribution is 7.89. The highest BCUT2D eigenvalue weighted by atomic mass is 32.2. The first-order valence-corrected chi connectivity index (χ1v) is 12.3. The van der Waals surface area contributed by atoms with Crippen LogP contribution in [0.5, 0.6) is 5.75 Å². The summed E-state index contributed by atoms with van der Waals surface area (Å²) >= 11 is 0. The van der Waals surface area contributed by atoms with Crippen LogP contribution in [0.4, 0.5) is 18.9 Å². The maximum Gasteiger partial charge on any atom is 0.416 e. The Hall–Kier alpha value is -3.37. The second-order valence-corrected chi connectivity index (χ2v) is 9.50. The lowest BCUT2D eigenvalue weighted by atomic mass is 10.1. The number of carbonyl (C=O) groups is 1. The molecular formula is C25H25F3N2O4S. The molecule has 1 amide bonds. The molecule has 1 unspecified atom stereocenters. The second kappa shape index (κ2) is 10.9. The van der Waals surface area contributed by atoms with E-state index in [-0.39, 0.29) is 17.0 Å². The van der Waals surface area contributed by atoms with Crippen molar-refractivity contribution in [2.75, 3.05) is 11.9 Å². The summed E-state index contributed by atoms with van der Waals surface area (Å²) < 4.78 is 72.6. The summed E-state index contributed by atoms with van der Waals surface area (Å²) in [5.41, 5.74) is 0.564. The third-order valence-electron chi connectivity index (χ3n) is 5.13. The molecule has 0 radical (unpaired) electrons. The zero-order valence-corrected chi connectivity index (χ0v) is 19.9.